The maximum absolute atomic E-state index is 13.7. The van der Waals surface area contributed by atoms with Gasteiger partial charge in [-0.25, -0.2) is 4.39 Å². The molecular formula is C16H21FO2. The molecule has 0 aliphatic carbocycles. The molecule has 0 aliphatic rings. The molecule has 1 N–H and O–H groups in total. The zero-order valence-electron chi connectivity index (χ0n) is 11.8. The van der Waals surface area contributed by atoms with Gasteiger partial charge in [-0.2, -0.15) is 0 Å². The lowest BCUT2D eigenvalue weighted by atomic mass is 9.93. The number of ether oxygens (including phenoxy) is 1. The Labute approximate surface area is 114 Å². The third-order valence-electron chi connectivity index (χ3n) is 2.52. The lowest BCUT2D eigenvalue weighted by Crippen LogP contribution is -2.11. The lowest BCUT2D eigenvalue weighted by Gasteiger charge is -2.18. The normalized spacial score (nSPS) is 10.8. The highest BCUT2D eigenvalue weighted by Crippen LogP contribution is 2.20. The molecule has 3 heteroatoms. The lowest BCUT2D eigenvalue weighted by molar-refractivity contribution is 0.242. The summed E-state index contributed by atoms with van der Waals surface area (Å²) in [5.41, 5.74) is 0.533. The smallest absolute Gasteiger partial charge is 0.142 e. The summed E-state index contributed by atoms with van der Waals surface area (Å²) in [5, 5.41) is 8.60. The summed E-state index contributed by atoms with van der Waals surface area (Å²) in [7, 11) is 0. The van der Waals surface area contributed by atoms with E-state index >= 15 is 0 Å². The van der Waals surface area contributed by atoms with Gasteiger partial charge in [0, 0.05) is 12.5 Å². The second-order valence-corrected chi connectivity index (χ2v) is 5.58. The van der Waals surface area contributed by atoms with E-state index in [2.05, 4.69) is 32.6 Å². The first-order chi connectivity index (χ1) is 8.92. The summed E-state index contributed by atoms with van der Waals surface area (Å²) in [6, 6.07) is 4.67. The number of rotatable bonds is 4. The van der Waals surface area contributed by atoms with Crippen LogP contribution in [0.5, 0.6) is 5.75 Å². The van der Waals surface area contributed by atoms with Gasteiger partial charge < -0.3 is 9.84 Å². The first kappa shape index (κ1) is 15.5. The van der Waals surface area contributed by atoms with E-state index in [1.165, 1.54) is 6.07 Å². The Morgan fingerprint density at radius 3 is 2.63 bits per heavy atom. The SMILES string of the molecule is CC(C)(C)CCOc1ccc(C#CCCO)c(F)c1. The molecule has 0 amide bonds. The topological polar surface area (TPSA) is 29.5 Å². The molecule has 0 saturated carbocycles. The predicted molar refractivity (Wildman–Crippen MR) is 74.5 cm³/mol. The van der Waals surface area contributed by atoms with E-state index in [1.807, 2.05) is 0 Å². The minimum atomic E-state index is -0.390. The van der Waals surface area contributed by atoms with Gasteiger partial charge in [0.1, 0.15) is 11.6 Å². The molecule has 0 bridgehead atoms. The number of hydrogen-bond acceptors (Lipinski definition) is 2. The molecule has 19 heavy (non-hydrogen) atoms. The Morgan fingerprint density at radius 1 is 1.32 bits per heavy atom. The van der Waals surface area contributed by atoms with Crippen molar-refractivity contribution in [1.29, 1.82) is 0 Å². The van der Waals surface area contributed by atoms with E-state index in [1.54, 1.807) is 12.1 Å². The van der Waals surface area contributed by atoms with Crippen molar-refractivity contribution in [2.45, 2.75) is 33.6 Å². The van der Waals surface area contributed by atoms with Crippen LogP contribution in [0.1, 0.15) is 39.2 Å². The molecule has 0 aliphatic heterocycles. The van der Waals surface area contributed by atoms with Crippen LogP contribution in [0.3, 0.4) is 0 Å². The number of aliphatic hydroxyl groups is 1. The summed E-state index contributed by atoms with van der Waals surface area (Å²) in [6.45, 7) is 6.96. The van der Waals surface area contributed by atoms with Gasteiger partial charge in [-0.3, -0.25) is 0 Å². The highest BCUT2D eigenvalue weighted by molar-refractivity contribution is 5.39. The predicted octanol–water partition coefficient (Wildman–Crippen LogP) is 3.37. The van der Waals surface area contributed by atoms with Crippen molar-refractivity contribution in [2.24, 2.45) is 5.41 Å². The van der Waals surface area contributed by atoms with Crippen LogP contribution >= 0.6 is 0 Å². The molecule has 0 aromatic heterocycles. The van der Waals surface area contributed by atoms with Crippen LogP contribution in [0, 0.1) is 23.1 Å². The average molecular weight is 264 g/mol. The number of halogens is 1. The summed E-state index contributed by atoms with van der Waals surface area (Å²) in [5.74, 6) is 5.51. The summed E-state index contributed by atoms with van der Waals surface area (Å²) in [4.78, 5) is 0. The van der Waals surface area contributed by atoms with E-state index in [0.29, 0.717) is 24.3 Å². The number of benzene rings is 1. The van der Waals surface area contributed by atoms with E-state index in [-0.39, 0.29) is 12.0 Å². The molecular weight excluding hydrogens is 243 g/mol. The van der Waals surface area contributed by atoms with Crippen molar-refractivity contribution >= 4 is 0 Å². The molecule has 0 saturated heterocycles. The van der Waals surface area contributed by atoms with Gasteiger partial charge in [0.25, 0.3) is 0 Å². The standard InChI is InChI=1S/C16H21FO2/c1-16(2,3)9-11-19-14-8-7-13(15(17)12-14)6-4-5-10-18/h7-8,12,18H,5,9-11H2,1-3H3. The van der Waals surface area contributed by atoms with Crippen LogP contribution in [-0.4, -0.2) is 18.3 Å². The van der Waals surface area contributed by atoms with Crippen LogP contribution in [0.4, 0.5) is 4.39 Å². The van der Waals surface area contributed by atoms with Gasteiger partial charge in [-0.1, -0.05) is 32.6 Å². The first-order valence-electron chi connectivity index (χ1n) is 6.44. The van der Waals surface area contributed by atoms with Crippen LogP contribution in [0.15, 0.2) is 18.2 Å². The molecule has 0 atom stereocenters. The fourth-order valence-electron chi connectivity index (χ4n) is 1.38. The summed E-state index contributed by atoms with van der Waals surface area (Å²) >= 11 is 0. The number of aliphatic hydroxyl groups excluding tert-OH is 1. The Kier molecular flexibility index (Phi) is 5.85. The molecule has 0 radical (unpaired) electrons. The Balaban J connectivity index is 2.60. The summed E-state index contributed by atoms with van der Waals surface area (Å²) in [6.07, 6.45) is 1.26. The van der Waals surface area contributed by atoms with Gasteiger partial charge in [-0.05, 0) is 24.0 Å². The van der Waals surface area contributed by atoms with Gasteiger partial charge >= 0.3 is 0 Å². The minimum absolute atomic E-state index is 0.0113. The Hall–Kier alpha value is -1.53. The Morgan fingerprint density at radius 2 is 2.05 bits per heavy atom. The molecule has 1 rings (SSSR count). The van der Waals surface area contributed by atoms with Gasteiger partial charge in [-0.15, -0.1) is 0 Å². The zero-order valence-corrected chi connectivity index (χ0v) is 11.8. The van der Waals surface area contributed by atoms with Crippen molar-refractivity contribution in [3.05, 3.63) is 29.6 Å². The largest absolute Gasteiger partial charge is 0.493 e. The van der Waals surface area contributed by atoms with E-state index < -0.39 is 5.82 Å². The monoisotopic (exact) mass is 264 g/mol. The van der Waals surface area contributed by atoms with Crippen LogP contribution < -0.4 is 4.74 Å². The maximum Gasteiger partial charge on any atom is 0.142 e. The van der Waals surface area contributed by atoms with E-state index in [0.717, 1.165) is 6.42 Å². The highest BCUT2D eigenvalue weighted by Gasteiger charge is 2.10. The van der Waals surface area contributed by atoms with E-state index in [4.69, 9.17) is 9.84 Å². The molecule has 0 spiro atoms. The van der Waals surface area contributed by atoms with Crippen LogP contribution in [-0.2, 0) is 0 Å². The second-order valence-electron chi connectivity index (χ2n) is 5.58. The van der Waals surface area contributed by atoms with Crippen molar-refractivity contribution in [3.8, 4) is 17.6 Å². The van der Waals surface area contributed by atoms with Crippen molar-refractivity contribution in [2.75, 3.05) is 13.2 Å². The van der Waals surface area contributed by atoms with Crippen LogP contribution in [0.25, 0.3) is 0 Å². The zero-order chi connectivity index (χ0) is 14.3. The minimum Gasteiger partial charge on any atom is -0.493 e. The molecule has 1 aromatic rings. The average Bonchev–Trinajstić information content (AvgIpc) is 2.30. The van der Waals surface area contributed by atoms with Gasteiger partial charge in [0.05, 0.1) is 18.8 Å². The molecule has 0 unspecified atom stereocenters. The third-order valence-corrected chi connectivity index (χ3v) is 2.52. The maximum atomic E-state index is 13.7. The highest BCUT2D eigenvalue weighted by atomic mass is 19.1. The van der Waals surface area contributed by atoms with E-state index in [9.17, 15) is 4.39 Å². The second kappa shape index (κ2) is 7.16. The molecule has 2 nitrogen and oxygen atoms in total. The quantitative estimate of drug-likeness (QED) is 0.845. The van der Waals surface area contributed by atoms with Crippen molar-refractivity contribution in [1.82, 2.24) is 0 Å². The third kappa shape index (κ3) is 6.26. The fourth-order valence-corrected chi connectivity index (χ4v) is 1.38. The van der Waals surface area contributed by atoms with Gasteiger partial charge in [0.15, 0.2) is 0 Å². The molecule has 0 heterocycles. The van der Waals surface area contributed by atoms with Crippen LogP contribution in [0.2, 0.25) is 0 Å². The van der Waals surface area contributed by atoms with Gasteiger partial charge in [0.2, 0.25) is 0 Å². The molecule has 0 fully saturated rings. The Bertz CT molecular complexity index is 464. The fraction of sp³-hybridized carbons (Fsp3) is 0.500. The van der Waals surface area contributed by atoms with Crippen molar-refractivity contribution in [3.63, 3.8) is 0 Å². The summed E-state index contributed by atoms with van der Waals surface area (Å²) < 4.78 is 19.2. The molecule has 104 valence electrons. The molecule has 1 aromatic carbocycles. The van der Waals surface area contributed by atoms with Crippen molar-refractivity contribution < 1.29 is 14.2 Å². The first-order valence-corrected chi connectivity index (χ1v) is 6.44. The number of hydrogen-bond donors (Lipinski definition) is 1.